The summed E-state index contributed by atoms with van der Waals surface area (Å²) in [6, 6.07) is 0. The van der Waals surface area contributed by atoms with E-state index in [1.807, 2.05) is 0 Å². The van der Waals surface area contributed by atoms with Crippen LogP contribution in [-0.2, 0) is 9.59 Å². The van der Waals surface area contributed by atoms with Gasteiger partial charge in [0.05, 0.1) is 12.5 Å². The van der Waals surface area contributed by atoms with Gasteiger partial charge in [-0.3, -0.25) is 9.59 Å². The van der Waals surface area contributed by atoms with E-state index in [2.05, 4.69) is 19.2 Å². The van der Waals surface area contributed by atoms with Crippen LogP contribution in [0.3, 0.4) is 0 Å². The molecule has 0 aromatic rings. The van der Waals surface area contributed by atoms with E-state index < -0.39 is 5.92 Å². The van der Waals surface area contributed by atoms with E-state index in [4.69, 9.17) is 5.11 Å². The van der Waals surface area contributed by atoms with Crippen LogP contribution in [0.25, 0.3) is 0 Å². The largest absolute Gasteiger partial charge is 0.395 e. The van der Waals surface area contributed by atoms with Crippen molar-refractivity contribution in [2.45, 2.75) is 194 Å². The Morgan fingerprint density at radius 2 is 0.750 bits per heavy atom. The lowest BCUT2D eigenvalue weighted by Crippen LogP contribution is -2.35. The maximum Gasteiger partial charge on any atom is 0.144 e. The molecular weight excluding hydrogens is 494 g/mol. The quantitative estimate of drug-likeness (QED) is 0.0601. The molecule has 0 saturated carbocycles. The van der Waals surface area contributed by atoms with Gasteiger partial charge in [-0.15, -0.1) is 0 Å². The molecule has 0 rings (SSSR count). The van der Waals surface area contributed by atoms with Gasteiger partial charge in [-0.1, -0.05) is 168 Å². The van der Waals surface area contributed by atoms with Crippen molar-refractivity contribution in [3.8, 4) is 0 Å². The summed E-state index contributed by atoms with van der Waals surface area (Å²) >= 11 is 0. The Balaban J connectivity index is 3.88. The van der Waals surface area contributed by atoms with Crippen LogP contribution in [-0.4, -0.2) is 36.4 Å². The summed E-state index contributed by atoms with van der Waals surface area (Å²) in [5.41, 5.74) is 0. The first-order chi connectivity index (χ1) is 19.7. The number of aliphatic hydroxyl groups is 1. The molecule has 0 aliphatic carbocycles. The van der Waals surface area contributed by atoms with E-state index in [1.165, 1.54) is 141 Å². The van der Waals surface area contributed by atoms with Crippen molar-refractivity contribution in [2.24, 2.45) is 5.92 Å². The third-order valence-electron chi connectivity index (χ3n) is 8.47. The molecule has 0 fully saturated rings. The first kappa shape index (κ1) is 39.3. The number of hydrogen-bond donors (Lipinski definition) is 2. The van der Waals surface area contributed by atoms with Crippen molar-refractivity contribution < 1.29 is 14.7 Å². The summed E-state index contributed by atoms with van der Waals surface area (Å²) in [6.45, 7) is 5.40. The minimum absolute atomic E-state index is 0.0345. The maximum absolute atomic E-state index is 12.9. The van der Waals surface area contributed by atoms with Crippen LogP contribution in [0.15, 0.2) is 0 Å². The second-order valence-corrected chi connectivity index (χ2v) is 12.4. The van der Waals surface area contributed by atoms with Crippen LogP contribution in [0.4, 0.5) is 0 Å². The van der Waals surface area contributed by atoms with Gasteiger partial charge in [0.1, 0.15) is 11.6 Å². The minimum Gasteiger partial charge on any atom is -0.395 e. The highest BCUT2D eigenvalue weighted by molar-refractivity contribution is 6.02. The number of ketones is 2. The summed E-state index contributed by atoms with van der Waals surface area (Å²) in [5, 5.41) is 12.2. The number of nitrogens with one attached hydrogen (secondary N) is 1. The molecule has 0 aromatic carbocycles. The second kappa shape index (κ2) is 32.8. The Bertz CT molecular complexity index is 494. The molecule has 238 valence electrons. The van der Waals surface area contributed by atoms with Gasteiger partial charge in [0.2, 0.25) is 0 Å². The topological polar surface area (TPSA) is 66.4 Å². The number of carbonyl (C=O) groups is 2. The van der Waals surface area contributed by atoms with E-state index in [1.54, 1.807) is 0 Å². The van der Waals surface area contributed by atoms with Gasteiger partial charge in [0, 0.05) is 25.9 Å². The highest BCUT2D eigenvalue weighted by Crippen LogP contribution is 2.17. The van der Waals surface area contributed by atoms with Gasteiger partial charge in [0.15, 0.2) is 0 Å². The zero-order valence-electron chi connectivity index (χ0n) is 27.3. The fraction of sp³-hybridized carbons (Fsp3) is 0.944. The van der Waals surface area contributed by atoms with Crippen LogP contribution in [0.5, 0.6) is 0 Å². The third-order valence-corrected chi connectivity index (χ3v) is 8.47. The van der Waals surface area contributed by atoms with Crippen LogP contribution in [0, 0.1) is 5.92 Å². The fourth-order valence-electron chi connectivity index (χ4n) is 5.72. The van der Waals surface area contributed by atoms with Gasteiger partial charge in [-0.2, -0.15) is 0 Å². The molecule has 2 N–H and O–H groups in total. The molecule has 40 heavy (non-hydrogen) atoms. The Kier molecular flexibility index (Phi) is 32.2. The Morgan fingerprint density at radius 1 is 0.475 bits per heavy atom. The predicted molar refractivity (Wildman–Crippen MR) is 174 cm³/mol. The molecule has 0 amide bonds. The number of aliphatic hydroxyl groups excluding tert-OH is 1. The van der Waals surface area contributed by atoms with Crippen LogP contribution in [0.2, 0.25) is 0 Å². The molecular formula is C36H71NO3. The fourth-order valence-corrected chi connectivity index (χ4v) is 5.72. The summed E-state index contributed by atoms with van der Waals surface area (Å²) in [7, 11) is 0. The lowest BCUT2D eigenvalue weighted by atomic mass is 9.91. The van der Waals surface area contributed by atoms with Gasteiger partial charge in [0.25, 0.3) is 0 Å². The zero-order chi connectivity index (χ0) is 29.4. The van der Waals surface area contributed by atoms with E-state index in [9.17, 15) is 9.59 Å². The van der Waals surface area contributed by atoms with Gasteiger partial charge in [-0.25, -0.2) is 0 Å². The normalized spacial score (nSPS) is 11.5. The molecule has 0 radical (unpaired) electrons. The molecule has 4 heteroatoms. The van der Waals surface area contributed by atoms with Crippen molar-refractivity contribution in [3.63, 3.8) is 0 Å². The maximum atomic E-state index is 12.9. The molecule has 0 aliphatic rings. The number of rotatable bonds is 34. The first-order valence-electron chi connectivity index (χ1n) is 18.0. The average Bonchev–Trinajstić information content (AvgIpc) is 2.95. The van der Waals surface area contributed by atoms with Crippen molar-refractivity contribution in [3.05, 3.63) is 0 Å². The first-order valence-corrected chi connectivity index (χ1v) is 18.0. The van der Waals surface area contributed by atoms with Crippen molar-refractivity contribution in [1.29, 1.82) is 0 Å². The van der Waals surface area contributed by atoms with E-state index in [-0.39, 0.29) is 18.2 Å². The smallest absolute Gasteiger partial charge is 0.144 e. The molecule has 0 spiro atoms. The summed E-state index contributed by atoms with van der Waals surface area (Å²) in [5.74, 6) is -0.317. The highest BCUT2D eigenvalue weighted by atomic mass is 16.3. The van der Waals surface area contributed by atoms with Gasteiger partial charge >= 0.3 is 0 Å². The monoisotopic (exact) mass is 566 g/mol. The van der Waals surface area contributed by atoms with Crippen molar-refractivity contribution >= 4 is 11.6 Å². The summed E-state index contributed by atoms with van der Waals surface area (Å²) in [4.78, 5) is 25.8. The molecule has 0 atom stereocenters. The lowest BCUT2D eigenvalue weighted by molar-refractivity contribution is -0.132. The van der Waals surface area contributed by atoms with Crippen molar-refractivity contribution in [2.75, 3.05) is 19.7 Å². The van der Waals surface area contributed by atoms with E-state index in [0.29, 0.717) is 25.9 Å². The standard InChI is InChI=1S/C36H71NO3/c1-3-5-7-9-11-13-15-17-19-21-23-25-27-29-35(39)34(33-37-31-32-38)36(40)30-28-26-24-22-20-18-16-14-12-10-8-6-4-2/h34,37-38H,3-33H2,1-2H3. The molecule has 0 saturated heterocycles. The molecule has 0 aromatic heterocycles. The molecule has 0 bridgehead atoms. The second-order valence-electron chi connectivity index (χ2n) is 12.4. The summed E-state index contributed by atoms with van der Waals surface area (Å²) in [6.07, 6.45) is 34.6. The molecule has 4 nitrogen and oxygen atoms in total. The number of hydrogen-bond acceptors (Lipinski definition) is 4. The Labute approximate surface area is 250 Å². The zero-order valence-corrected chi connectivity index (χ0v) is 27.3. The summed E-state index contributed by atoms with van der Waals surface area (Å²) < 4.78 is 0. The molecule has 0 aliphatic heterocycles. The number of unbranched alkanes of at least 4 members (excludes halogenated alkanes) is 24. The molecule has 0 heterocycles. The lowest BCUT2D eigenvalue weighted by Gasteiger charge is -2.15. The van der Waals surface area contributed by atoms with E-state index in [0.717, 1.165) is 25.7 Å². The molecule has 0 unspecified atom stereocenters. The van der Waals surface area contributed by atoms with E-state index >= 15 is 0 Å². The van der Waals surface area contributed by atoms with Crippen LogP contribution < -0.4 is 5.32 Å². The van der Waals surface area contributed by atoms with Gasteiger partial charge in [-0.05, 0) is 12.8 Å². The van der Waals surface area contributed by atoms with Crippen molar-refractivity contribution in [1.82, 2.24) is 5.32 Å². The highest BCUT2D eigenvalue weighted by Gasteiger charge is 2.24. The van der Waals surface area contributed by atoms with Crippen LogP contribution >= 0.6 is 0 Å². The number of carbonyl (C=O) groups excluding carboxylic acids is 2. The Morgan fingerprint density at radius 3 is 1.02 bits per heavy atom. The predicted octanol–water partition coefficient (Wildman–Crippen LogP) is 10.3. The third kappa shape index (κ3) is 27.4. The number of Topliss-reactive ketones (excluding diaryl/α,β-unsaturated/α-hetero) is 2. The SMILES string of the molecule is CCCCCCCCCCCCCCCC(=O)C(CNCCO)C(=O)CCCCCCCCCCCCCCC. The minimum atomic E-state index is -0.527. The van der Waals surface area contributed by atoms with Crippen LogP contribution in [0.1, 0.15) is 194 Å². The Hall–Kier alpha value is -0.740. The average molecular weight is 566 g/mol. The van der Waals surface area contributed by atoms with Gasteiger partial charge < -0.3 is 10.4 Å².